The van der Waals surface area contributed by atoms with Crippen LogP contribution in [0, 0.1) is 0 Å². The van der Waals surface area contributed by atoms with Crippen molar-refractivity contribution in [1.82, 2.24) is 29.8 Å². The van der Waals surface area contributed by atoms with E-state index in [1.165, 1.54) is 23.1 Å². The average Bonchev–Trinajstić information content (AvgIpc) is 3.35. The van der Waals surface area contributed by atoms with Gasteiger partial charge in [0.15, 0.2) is 11.0 Å². The lowest BCUT2D eigenvalue weighted by Gasteiger charge is -2.14. The zero-order chi connectivity index (χ0) is 18.8. The van der Waals surface area contributed by atoms with Crippen LogP contribution in [0.5, 0.6) is 0 Å². The fraction of sp³-hybridized carbons (Fsp3) is 0.167. The van der Waals surface area contributed by atoms with E-state index in [1.54, 1.807) is 15.3 Å². The molecule has 4 rings (SSSR count). The minimum Gasteiger partial charge on any atom is -0.283 e. The molecular formula is C18H16N6OS2. The van der Waals surface area contributed by atoms with Crippen molar-refractivity contribution in [2.45, 2.75) is 23.9 Å². The summed E-state index contributed by atoms with van der Waals surface area (Å²) in [6, 6.07) is 11.5. The number of aromatic nitrogens is 6. The number of thioether (sulfide) groups is 1. The first-order chi connectivity index (χ1) is 13.2. The first kappa shape index (κ1) is 17.6. The van der Waals surface area contributed by atoms with E-state index in [1.807, 2.05) is 48.7 Å². The lowest BCUT2D eigenvalue weighted by Crippen LogP contribution is -2.22. The van der Waals surface area contributed by atoms with Crippen molar-refractivity contribution >= 4 is 33.3 Å². The molecule has 3 heterocycles. The molecular weight excluding hydrogens is 380 g/mol. The molecule has 9 heteroatoms. The molecule has 1 aromatic carbocycles. The number of hydrogen-bond acceptors (Lipinski definition) is 7. The highest BCUT2D eigenvalue weighted by molar-refractivity contribution is 7.99. The van der Waals surface area contributed by atoms with Crippen molar-refractivity contribution in [1.29, 1.82) is 0 Å². The number of para-hydroxylation sites is 1. The van der Waals surface area contributed by atoms with Crippen LogP contribution in [0.1, 0.15) is 18.0 Å². The molecule has 0 N–H and O–H groups in total. The van der Waals surface area contributed by atoms with Crippen LogP contribution in [-0.4, -0.2) is 29.8 Å². The second-order valence-corrected chi connectivity index (χ2v) is 7.99. The Kier molecular flexibility index (Phi) is 4.87. The van der Waals surface area contributed by atoms with Gasteiger partial charge in [0.25, 0.3) is 5.56 Å². The highest BCUT2D eigenvalue weighted by Crippen LogP contribution is 2.33. The Balaban J connectivity index is 1.73. The highest BCUT2D eigenvalue weighted by atomic mass is 32.2. The SMILES string of the molecule is C=CCn1c(S[C@H](C)c2nnnn2-c2ccccc2)nc2sccc2c1=O. The number of hydrogen-bond donors (Lipinski definition) is 0. The van der Waals surface area contributed by atoms with Gasteiger partial charge < -0.3 is 0 Å². The van der Waals surface area contributed by atoms with Gasteiger partial charge in [-0.05, 0) is 40.9 Å². The van der Waals surface area contributed by atoms with Gasteiger partial charge in [-0.25, -0.2) is 4.98 Å². The minimum atomic E-state index is -0.111. The van der Waals surface area contributed by atoms with E-state index in [2.05, 4.69) is 27.1 Å². The topological polar surface area (TPSA) is 78.5 Å². The molecule has 0 saturated carbocycles. The molecule has 0 amide bonds. The van der Waals surface area contributed by atoms with Crippen LogP contribution < -0.4 is 5.56 Å². The Morgan fingerprint density at radius 3 is 2.89 bits per heavy atom. The quantitative estimate of drug-likeness (QED) is 0.282. The molecule has 4 aromatic rings. The molecule has 0 aliphatic rings. The van der Waals surface area contributed by atoms with E-state index in [-0.39, 0.29) is 10.8 Å². The van der Waals surface area contributed by atoms with Crippen LogP contribution in [0.15, 0.2) is 64.4 Å². The molecule has 136 valence electrons. The van der Waals surface area contributed by atoms with Gasteiger partial charge in [-0.2, -0.15) is 4.68 Å². The lowest BCUT2D eigenvalue weighted by atomic mass is 10.3. The zero-order valence-electron chi connectivity index (χ0n) is 14.5. The third-order valence-corrected chi connectivity index (χ3v) is 5.89. The molecule has 3 aromatic heterocycles. The van der Waals surface area contributed by atoms with Gasteiger partial charge in [0, 0.05) is 6.54 Å². The van der Waals surface area contributed by atoms with Crippen LogP contribution >= 0.6 is 23.1 Å². The van der Waals surface area contributed by atoms with Crippen LogP contribution in [0.2, 0.25) is 0 Å². The van der Waals surface area contributed by atoms with E-state index >= 15 is 0 Å². The van der Waals surface area contributed by atoms with Gasteiger partial charge in [0.05, 0.1) is 16.3 Å². The predicted octanol–water partition coefficient (Wildman–Crippen LogP) is 3.47. The molecule has 0 aliphatic heterocycles. The molecule has 27 heavy (non-hydrogen) atoms. The summed E-state index contributed by atoms with van der Waals surface area (Å²) >= 11 is 2.91. The third-order valence-electron chi connectivity index (χ3n) is 4.00. The van der Waals surface area contributed by atoms with Crippen LogP contribution in [0.3, 0.4) is 0 Å². The predicted molar refractivity (Wildman–Crippen MR) is 108 cm³/mol. The van der Waals surface area contributed by atoms with E-state index < -0.39 is 0 Å². The fourth-order valence-electron chi connectivity index (χ4n) is 2.72. The molecule has 0 unspecified atom stereocenters. The van der Waals surface area contributed by atoms with Gasteiger partial charge in [-0.3, -0.25) is 9.36 Å². The summed E-state index contributed by atoms with van der Waals surface area (Å²) in [5.74, 6) is 0.692. The first-order valence-corrected chi connectivity index (χ1v) is 10.0. The standard InChI is InChI=1S/C18H16N6OS2/c1-3-10-23-17(25)14-9-11-26-16(14)19-18(23)27-12(2)15-20-21-22-24(15)13-7-5-4-6-8-13/h3-9,11-12H,1,10H2,2H3/t12-/m1/s1. The van der Waals surface area contributed by atoms with E-state index in [9.17, 15) is 4.79 Å². The Bertz CT molecular complexity index is 1150. The van der Waals surface area contributed by atoms with Gasteiger partial charge in [-0.15, -0.1) is 23.0 Å². The molecule has 0 aliphatic carbocycles. The maximum atomic E-state index is 12.8. The highest BCUT2D eigenvalue weighted by Gasteiger charge is 2.21. The van der Waals surface area contributed by atoms with Crippen molar-refractivity contribution in [2.24, 2.45) is 0 Å². The Labute approximate surface area is 163 Å². The summed E-state index contributed by atoms with van der Waals surface area (Å²) in [4.78, 5) is 18.2. The Morgan fingerprint density at radius 2 is 2.11 bits per heavy atom. The Morgan fingerprint density at radius 1 is 1.30 bits per heavy atom. The number of benzene rings is 1. The minimum absolute atomic E-state index is 0.0569. The van der Waals surface area contributed by atoms with E-state index in [0.717, 1.165) is 10.5 Å². The van der Waals surface area contributed by atoms with Gasteiger partial charge in [0.2, 0.25) is 0 Å². The van der Waals surface area contributed by atoms with Crippen molar-refractivity contribution in [2.75, 3.05) is 0 Å². The summed E-state index contributed by atoms with van der Waals surface area (Å²) in [6.45, 7) is 6.16. The largest absolute Gasteiger partial charge is 0.283 e. The molecule has 0 fully saturated rings. The number of thiophene rings is 1. The number of allylic oxidation sites excluding steroid dienone is 1. The van der Waals surface area contributed by atoms with E-state index in [0.29, 0.717) is 22.9 Å². The van der Waals surface area contributed by atoms with Gasteiger partial charge >= 0.3 is 0 Å². The van der Waals surface area contributed by atoms with Gasteiger partial charge in [0.1, 0.15) is 4.83 Å². The number of fused-ring (bicyclic) bond motifs is 1. The summed E-state index contributed by atoms with van der Waals surface area (Å²) in [7, 11) is 0. The van der Waals surface area contributed by atoms with Crippen molar-refractivity contribution in [3.63, 3.8) is 0 Å². The monoisotopic (exact) mass is 396 g/mol. The van der Waals surface area contributed by atoms with Crippen LogP contribution in [-0.2, 0) is 6.54 Å². The number of nitrogens with zero attached hydrogens (tertiary/aromatic N) is 6. The molecule has 0 saturated heterocycles. The summed E-state index contributed by atoms with van der Waals surface area (Å²) in [6.07, 6.45) is 1.70. The lowest BCUT2D eigenvalue weighted by molar-refractivity contribution is 0.669. The molecule has 1 atom stereocenters. The average molecular weight is 397 g/mol. The van der Waals surface area contributed by atoms with E-state index in [4.69, 9.17) is 0 Å². The second-order valence-electron chi connectivity index (χ2n) is 5.78. The third kappa shape index (κ3) is 3.31. The maximum Gasteiger partial charge on any atom is 0.263 e. The van der Waals surface area contributed by atoms with Crippen molar-refractivity contribution < 1.29 is 0 Å². The maximum absolute atomic E-state index is 12.8. The fourth-order valence-corrected chi connectivity index (χ4v) is 4.53. The zero-order valence-corrected chi connectivity index (χ0v) is 16.2. The van der Waals surface area contributed by atoms with Gasteiger partial charge in [-0.1, -0.05) is 36.0 Å². The smallest absolute Gasteiger partial charge is 0.263 e. The summed E-state index contributed by atoms with van der Waals surface area (Å²) in [5.41, 5.74) is 0.827. The van der Waals surface area contributed by atoms with Crippen molar-refractivity contribution in [3.05, 3.63) is 70.6 Å². The molecule has 0 spiro atoms. The Hall–Kier alpha value is -2.78. The normalized spacial score (nSPS) is 12.3. The number of tetrazole rings is 1. The molecule has 0 radical (unpaired) electrons. The summed E-state index contributed by atoms with van der Waals surface area (Å²) in [5, 5.41) is 15.2. The van der Waals surface area contributed by atoms with Crippen LogP contribution in [0.25, 0.3) is 15.9 Å². The van der Waals surface area contributed by atoms with Crippen molar-refractivity contribution in [3.8, 4) is 5.69 Å². The molecule has 7 nitrogen and oxygen atoms in total. The number of rotatable bonds is 6. The van der Waals surface area contributed by atoms with Crippen LogP contribution in [0.4, 0.5) is 0 Å². The summed E-state index contributed by atoms with van der Waals surface area (Å²) < 4.78 is 3.34. The molecule has 0 bridgehead atoms. The first-order valence-electron chi connectivity index (χ1n) is 8.28. The second kappa shape index (κ2) is 7.45.